The van der Waals surface area contributed by atoms with E-state index in [9.17, 15) is 0 Å². The minimum absolute atomic E-state index is 0. The lowest BCUT2D eigenvalue weighted by Gasteiger charge is -2.14. The minimum atomic E-state index is 0. The van der Waals surface area contributed by atoms with Crippen molar-refractivity contribution in [2.75, 3.05) is 19.7 Å². The molecule has 3 rings (SSSR count). The molecule has 0 saturated heterocycles. The average Bonchev–Trinajstić information content (AvgIpc) is 3.34. The lowest BCUT2D eigenvalue weighted by molar-refractivity contribution is 0.254. The third-order valence-electron chi connectivity index (χ3n) is 4.99. The Morgan fingerprint density at radius 3 is 2.81 bits per heavy atom. The van der Waals surface area contributed by atoms with Crippen molar-refractivity contribution in [1.82, 2.24) is 25.4 Å². The summed E-state index contributed by atoms with van der Waals surface area (Å²) in [5.41, 5.74) is 2.25. The predicted octanol–water partition coefficient (Wildman–Crippen LogP) is 3.33. The highest BCUT2D eigenvalue weighted by atomic mass is 127. The molecule has 2 N–H and O–H groups in total. The first kappa shape index (κ1) is 25.2. The minimum Gasteiger partial charge on any atom is -0.494 e. The standard InChI is InChI=1S/C22H34N6O2.HI/c1-5-8-23-22(24-9-10-28-15-26-27-21(28)6-2)25-14-18-13-20-17(11-16(4)30-20)12-19(18)29-7-3;/h12-13,15-16H,5-11,14H2,1-4H3,(H2,23,24,25);1H. The zero-order valence-electron chi connectivity index (χ0n) is 19.0. The number of aliphatic imine (C=N–C) groups is 1. The largest absolute Gasteiger partial charge is 0.494 e. The van der Waals surface area contributed by atoms with Gasteiger partial charge in [0.1, 0.15) is 29.8 Å². The zero-order valence-corrected chi connectivity index (χ0v) is 21.3. The number of nitrogens with zero attached hydrogens (tertiary/aromatic N) is 4. The number of ether oxygens (including phenoxy) is 2. The first-order valence-electron chi connectivity index (χ1n) is 11.0. The number of aryl methyl sites for hydroxylation is 1. The smallest absolute Gasteiger partial charge is 0.191 e. The van der Waals surface area contributed by atoms with Gasteiger partial charge in [0.25, 0.3) is 0 Å². The highest BCUT2D eigenvalue weighted by Crippen LogP contribution is 2.35. The molecule has 172 valence electrons. The van der Waals surface area contributed by atoms with E-state index in [0.29, 0.717) is 13.2 Å². The second-order valence-corrected chi connectivity index (χ2v) is 7.45. The number of guanidine groups is 1. The normalized spacial score (nSPS) is 15.1. The number of halogens is 1. The molecule has 0 bridgehead atoms. The van der Waals surface area contributed by atoms with Gasteiger partial charge >= 0.3 is 0 Å². The van der Waals surface area contributed by atoms with Crippen LogP contribution in [0.4, 0.5) is 0 Å². The first-order chi connectivity index (χ1) is 14.6. The Morgan fingerprint density at radius 2 is 2.06 bits per heavy atom. The van der Waals surface area contributed by atoms with Crippen LogP contribution >= 0.6 is 24.0 Å². The third-order valence-corrected chi connectivity index (χ3v) is 4.99. The maximum absolute atomic E-state index is 5.93. The van der Waals surface area contributed by atoms with Crippen molar-refractivity contribution in [2.24, 2.45) is 4.99 Å². The topological polar surface area (TPSA) is 85.6 Å². The lowest BCUT2D eigenvalue weighted by atomic mass is 10.1. The molecule has 31 heavy (non-hydrogen) atoms. The molecule has 1 aromatic heterocycles. The summed E-state index contributed by atoms with van der Waals surface area (Å²) in [6.45, 7) is 11.9. The van der Waals surface area contributed by atoms with Crippen LogP contribution in [0.15, 0.2) is 23.5 Å². The fourth-order valence-corrected chi connectivity index (χ4v) is 3.51. The summed E-state index contributed by atoms with van der Waals surface area (Å²) in [6, 6.07) is 4.19. The molecule has 9 heteroatoms. The highest BCUT2D eigenvalue weighted by Gasteiger charge is 2.21. The third kappa shape index (κ3) is 6.98. The second-order valence-electron chi connectivity index (χ2n) is 7.45. The van der Waals surface area contributed by atoms with Crippen molar-refractivity contribution in [3.05, 3.63) is 35.4 Å². The van der Waals surface area contributed by atoms with Gasteiger partial charge in [-0.05, 0) is 32.4 Å². The summed E-state index contributed by atoms with van der Waals surface area (Å²) in [7, 11) is 0. The van der Waals surface area contributed by atoms with E-state index in [4.69, 9.17) is 14.5 Å². The van der Waals surface area contributed by atoms with Crippen LogP contribution < -0.4 is 20.1 Å². The van der Waals surface area contributed by atoms with Crippen molar-refractivity contribution in [2.45, 2.75) is 66.2 Å². The molecule has 8 nitrogen and oxygen atoms in total. The fourth-order valence-electron chi connectivity index (χ4n) is 3.51. The SMILES string of the molecule is CCCNC(=NCc1cc2c(cc1OCC)CC(C)O2)NCCn1cnnc1CC.I. The molecule has 0 spiro atoms. The van der Waals surface area contributed by atoms with Crippen molar-refractivity contribution in [3.63, 3.8) is 0 Å². The Labute approximate surface area is 202 Å². The van der Waals surface area contributed by atoms with Gasteiger partial charge in [-0.15, -0.1) is 34.2 Å². The van der Waals surface area contributed by atoms with Gasteiger partial charge in [-0.3, -0.25) is 0 Å². The zero-order chi connectivity index (χ0) is 21.3. The predicted molar refractivity (Wildman–Crippen MR) is 134 cm³/mol. The summed E-state index contributed by atoms with van der Waals surface area (Å²) < 4.78 is 13.9. The van der Waals surface area contributed by atoms with Gasteiger partial charge in [-0.1, -0.05) is 13.8 Å². The first-order valence-corrected chi connectivity index (χ1v) is 11.0. The van der Waals surface area contributed by atoms with Gasteiger partial charge < -0.3 is 24.7 Å². The van der Waals surface area contributed by atoms with Gasteiger partial charge in [0.15, 0.2) is 5.96 Å². The Kier molecular flexibility index (Phi) is 10.4. The van der Waals surface area contributed by atoms with Crippen LogP contribution in [0.2, 0.25) is 0 Å². The molecule has 0 fully saturated rings. The summed E-state index contributed by atoms with van der Waals surface area (Å²) in [5.74, 6) is 3.63. The molecular formula is C22H35IN6O2. The number of aromatic nitrogens is 3. The van der Waals surface area contributed by atoms with Crippen LogP contribution in [0.5, 0.6) is 11.5 Å². The lowest BCUT2D eigenvalue weighted by Crippen LogP contribution is -2.39. The summed E-state index contributed by atoms with van der Waals surface area (Å²) in [4.78, 5) is 4.80. The fraction of sp³-hybridized carbons (Fsp3) is 0.591. The number of benzene rings is 1. The van der Waals surface area contributed by atoms with E-state index in [1.54, 1.807) is 6.33 Å². The van der Waals surface area contributed by atoms with E-state index >= 15 is 0 Å². The van der Waals surface area contributed by atoms with Crippen molar-refractivity contribution in [1.29, 1.82) is 0 Å². The number of fused-ring (bicyclic) bond motifs is 1. The number of rotatable bonds is 10. The van der Waals surface area contributed by atoms with Crippen LogP contribution in [0.1, 0.15) is 51.1 Å². The molecular weight excluding hydrogens is 507 g/mol. The molecule has 0 amide bonds. The van der Waals surface area contributed by atoms with E-state index in [1.807, 2.05) is 6.92 Å². The Hall–Kier alpha value is -2.04. The maximum Gasteiger partial charge on any atom is 0.191 e. The maximum atomic E-state index is 5.93. The summed E-state index contributed by atoms with van der Waals surface area (Å²) in [5, 5.41) is 14.9. The van der Waals surface area contributed by atoms with E-state index in [2.05, 4.69) is 58.3 Å². The molecule has 2 aromatic rings. The molecule has 0 aliphatic carbocycles. The van der Waals surface area contributed by atoms with Gasteiger partial charge in [-0.2, -0.15) is 0 Å². The van der Waals surface area contributed by atoms with Crippen molar-refractivity contribution >= 4 is 29.9 Å². The molecule has 1 unspecified atom stereocenters. The quantitative estimate of drug-likeness (QED) is 0.272. The Bertz CT molecular complexity index is 855. The number of hydrogen-bond donors (Lipinski definition) is 2. The van der Waals surface area contributed by atoms with E-state index < -0.39 is 0 Å². The van der Waals surface area contributed by atoms with Crippen LogP contribution in [0, 0.1) is 0 Å². The number of hydrogen-bond acceptors (Lipinski definition) is 5. The summed E-state index contributed by atoms with van der Waals surface area (Å²) in [6.07, 6.45) is 4.81. The van der Waals surface area contributed by atoms with Gasteiger partial charge in [0.05, 0.1) is 13.2 Å². The highest BCUT2D eigenvalue weighted by molar-refractivity contribution is 14.0. The molecule has 1 aliphatic heterocycles. The molecule has 2 heterocycles. The van der Waals surface area contributed by atoms with E-state index in [1.165, 1.54) is 5.56 Å². The molecule has 1 atom stereocenters. The van der Waals surface area contributed by atoms with E-state index in [0.717, 1.165) is 67.7 Å². The van der Waals surface area contributed by atoms with Crippen molar-refractivity contribution in [3.8, 4) is 11.5 Å². The molecule has 1 aliphatic rings. The second kappa shape index (κ2) is 12.7. The van der Waals surface area contributed by atoms with Crippen LogP contribution in [-0.2, 0) is 25.9 Å². The summed E-state index contributed by atoms with van der Waals surface area (Å²) >= 11 is 0. The van der Waals surface area contributed by atoms with Crippen molar-refractivity contribution < 1.29 is 9.47 Å². The van der Waals surface area contributed by atoms with E-state index in [-0.39, 0.29) is 30.1 Å². The number of nitrogens with one attached hydrogen (secondary N) is 2. The monoisotopic (exact) mass is 542 g/mol. The molecule has 0 saturated carbocycles. The molecule has 1 aromatic carbocycles. The average molecular weight is 542 g/mol. The molecule has 0 radical (unpaired) electrons. The van der Waals surface area contributed by atoms with Gasteiger partial charge in [-0.25, -0.2) is 4.99 Å². The Morgan fingerprint density at radius 1 is 1.26 bits per heavy atom. The Balaban J connectivity index is 0.00000341. The van der Waals surface area contributed by atoms with Gasteiger partial charge in [0, 0.05) is 43.6 Å². The van der Waals surface area contributed by atoms with Crippen LogP contribution in [0.25, 0.3) is 0 Å². The van der Waals surface area contributed by atoms with Gasteiger partial charge in [0.2, 0.25) is 0 Å². The van der Waals surface area contributed by atoms with Crippen LogP contribution in [0.3, 0.4) is 0 Å². The van der Waals surface area contributed by atoms with Crippen LogP contribution in [-0.4, -0.2) is 46.5 Å².